The van der Waals surface area contributed by atoms with E-state index in [1.54, 1.807) is 4.68 Å². The molecule has 1 heterocycles. The van der Waals surface area contributed by atoms with Gasteiger partial charge < -0.3 is 5.73 Å². The molecule has 0 saturated carbocycles. The summed E-state index contributed by atoms with van der Waals surface area (Å²) < 4.78 is 2.75. The second kappa shape index (κ2) is 6.48. The average molecular weight is 377 g/mol. The lowest BCUT2D eigenvalue weighted by molar-refractivity contribution is 0.637. The summed E-state index contributed by atoms with van der Waals surface area (Å²) >= 11 is 15.9. The topological polar surface area (TPSA) is 43.8 Å². The van der Waals surface area contributed by atoms with Gasteiger partial charge in [0.25, 0.3) is 0 Å². The minimum Gasteiger partial charge on any atom is -0.324 e. The molecule has 0 saturated heterocycles. The molecule has 108 valence electrons. The van der Waals surface area contributed by atoms with E-state index < -0.39 is 0 Å². The minimum absolute atomic E-state index is 0.194. The quantitative estimate of drug-likeness (QED) is 0.864. The molecule has 1 aromatic carbocycles. The maximum absolute atomic E-state index is 6.36. The Hall–Kier alpha value is -0.550. The molecule has 0 spiro atoms. The Balaban J connectivity index is 2.30. The van der Waals surface area contributed by atoms with Crippen LogP contribution in [0.5, 0.6) is 0 Å². The van der Waals surface area contributed by atoms with Gasteiger partial charge in [0, 0.05) is 29.0 Å². The van der Waals surface area contributed by atoms with Crippen LogP contribution in [0.15, 0.2) is 22.7 Å². The average Bonchev–Trinajstić information content (AvgIpc) is 2.68. The van der Waals surface area contributed by atoms with Crippen molar-refractivity contribution < 1.29 is 0 Å². The molecule has 0 bridgehead atoms. The SMILES string of the molecule is CCc1nn(C)c(CC(N)c2cc(Cl)ccc2Br)c1Cl. The van der Waals surface area contributed by atoms with Crippen molar-refractivity contribution >= 4 is 39.1 Å². The van der Waals surface area contributed by atoms with Crippen molar-refractivity contribution in [3.05, 3.63) is 49.7 Å². The predicted molar refractivity (Wildman–Crippen MR) is 87.4 cm³/mol. The molecule has 0 aliphatic heterocycles. The van der Waals surface area contributed by atoms with Gasteiger partial charge >= 0.3 is 0 Å². The van der Waals surface area contributed by atoms with Gasteiger partial charge in [0.1, 0.15) is 0 Å². The second-order valence-corrected chi connectivity index (χ2v) is 6.33. The van der Waals surface area contributed by atoms with Crippen LogP contribution in [-0.2, 0) is 19.9 Å². The van der Waals surface area contributed by atoms with E-state index in [0.717, 1.165) is 27.8 Å². The lowest BCUT2D eigenvalue weighted by Crippen LogP contribution is -2.16. The van der Waals surface area contributed by atoms with Crippen LogP contribution in [0, 0.1) is 0 Å². The van der Waals surface area contributed by atoms with Crippen LogP contribution in [0.1, 0.15) is 29.9 Å². The molecule has 6 heteroatoms. The summed E-state index contributed by atoms with van der Waals surface area (Å²) in [6.07, 6.45) is 1.42. The first-order chi connectivity index (χ1) is 9.43. The van der Waals surface area contributed by atoms with E-state index in [9.17, 15) is 0 Å². The number of nitrogens with two attached hydrogens (primary N) is 1. The van der Waals surface area contributed by atoms with Crippen molar-refractivity contribution in [2.24, 2.45) is 12.8 Å². The molecule has 3 nitrogen and oxygen atoms in total. The number of hydrogen-bond acceptors (Lipinski definition) is 2. The summed E-state index contributed by atoms with van der Waals surface area (Å²) in [6, 6.07) is 5.41. The number of hydrogen-bond donors (Lipinski definition) is 1. The Morgan fingerprint density at radius 2 is 2.10 bits per heavy atom. The lowest BCUT2D eigenvalue weighted by Gasteiger charge is -2.15. The number of benzene rings is 1. The Kier molecular flexibility index (Phi) is 5.13. The standard InChI is InChI=1S/C14H16BrCl2N3/c1-3-12-14(17)13(20(2)19-12)7-11(18)9-6-8(16)4-5-10(9)15/h4-6,11H,3,7,18H2,1-2H3. The minimum atomic E-state index is -0.194. The molecular weight excluding hydrogens is 361 g/mol. The predicted octanol–water partition coefficient (Wildman–Crippen LogP) is 4.29. The van der Waals surface area contributed by atoms with Gasteiger partial charge in [0.05, 0.1) is 16.4 Å². The smallest absolute Gasteiger partial charge is 0.0850 e. The van der Waals surface area contributed by atoms with Crippen molar-refractivity contribution in [1.82, 2.24) is 9.78 Å². The molecule has 2 rings (SSSR count). The van der Waals surface area contributed by atoms with E-state index in [0.29, 0.717) is 16.5 Å². The molecule has 1 unspecified atom stereocenters. The normalized spacial score (nSPS) is 12.7. The highest BCUT2D eigenvalue weighted by molar-refractivity contribution is 9.10. The van der Waals surface area contributed by atoms with E-state index in [1.165, 1.54) is 0 Å². The third-order valence-corrected chi connectivity index (χ3v) is 4.67. The zero-order valence-electron chi connectivity index (χ0n) is 11.3. The Morgan fingerprint density at radius 3 is 2.70 bits per heavy atom. The zero-order chi connectivity index (χ0) is 14.9. The van der Waals surface area contributed by atoms with Gasteiger partial charge in [-0.1, -0.05) is 46.1 Å². The van der Waals surface area contributed by atoms with Crippen LogP contribution >= 0.6 is 39.1 Å². The zero-order valence-corrected chi connectivity index (χ0v) is 14.4. The molecular formula is C14H16BrCl2N3. The number of aromatic nitrogens is 2. The lowest BCUT2D eigenvalue weighted by atomic mass is 10.0. The van der Waals surface area contributed by atoms with Crippen molar-refractivity contribution in [3.8, 4) is 0 Å². The first kappa shape index (κ1) is 15.8. The highest BCUT2D eigenvalue weighted by Gasteiger charge is 2.18. The van der Waals surface area contributed by atoms with Crippen molar-refractivity contribution in [2.45, 2.75) is 25.8 Å². The van der Waals surface area contributed by atoms with Gasteiger partial charge in [-0.2, -0.15) is 5.10 Å². The molecule has 0 aliphatic rings. The fraction of sp³-hybridized carbons (Fsp3) is 0.357. The molecule has 0 amide bonds. The highest BCUT2D eigenvalue weighted by Crippen LogP contribution is 2.30. The van der Waals surface area contributed by atoms with E-state index in [-0.39, 0.29) is 6.04 Å². The van der Waals surface area contributed by atoms with Gasteiger partial charge in [0.2, 0.25) is 0 Å². The third-order valence-electron chi connectivity index (χ3n) is 3.27. The number of aryl methyl sites for hydroxylation is 2. The van der Waals surface area contributed by atoms with Gasteiger partial charge in [-0.05, 0) is 30.2 Å². The van der Waals surface area contributed by atoms with Gasteiger partial charge in [-0.25, -0.2) is 0 Å². The maximum atomic E-state index is 6.36. The second-order valence-electron chi connectivity index (χ2n) is 4.66. The first-order valence-electron chi connectivity index (χ1n) is 6.34. The molecule has 0 fully saturated rings. The number of halogens is 3. The molecule has 20 heavy (non-hydrogen) atoms. The fourth-order valence-corrected chi connectivity index (χ4v) is 3.25. The number of rotatable bonds is 4. The summed E-state index contributed by atoms with van der Waals surface area (Å²) in [7, 11) is 1.89. The Morgan fingerprint density at radius 1 is 1.40 bits per heavy atom. The number of nitrogens with zero attached hydrogens (tertiary/aromatic N) is 2. The summed E-state index contributed by atoms with van der Waals surface area (Å²) in [5.41, 5.74) is 9.11. The largest absolute Gasteiger partial charge is 0.324 e. The van der Waals surface area contributed by atoms with Crippen LogP contribution in [0.2, 0.25) is 10.0 Å². The Bertz CT molecular complexity index is 625. The maximum Gasteiger partial charge on any atom is 0.0850 e. The molecule has 0 aliphatic carbocycles. The summed E-state index contributed by atoms with van der Waals surface area (Å²) in [4.78, 5) is 0. The van der Waals surface area contributed by atoms with Crippen LogP contribution < -0.4 is 5.73 Å². The van der Waals surface area contributed by atoms with E-state index in [2.05, 4.69) is 21.0 Å². The van der Waals surface area contributed by atoms with E-state index in [4.69, 9.17) is 28.9 Å². The molecule has 0 radical (unpaired) electrons. The van der Waals surface area contributed by atoms with Crippen LogP contribution in [0.25, 0.3) is 0 Å². The molecule has 2 aromatic rings. The first-order valence-corrected chi connectivity index (χ1v) is 7.89. The van der Waals surface area contributed by atoms with Crippen molar-refractivity contribution in [1.29, 1.82) is 0 Å². The van der Waals surface area contributed by atoms with Crippen LogP contribution in [0.4, 0.5) is 0 Å². The molecule has 2 N–H and O–H groups in total. The van der Waals surface area contributed by atoms with Gasteiger partial charge in [-0.15, -0.1) is 0 Å². The monoisotopic (exact) mass is 375 g/mol. The van der Waals surface area contributed by atoms with Crippen molar-refractivity contribution in [3.63, 3.8) is 0 Å². The molecule has 1 atom stereocenters. The van der Waals surface area contributed by atoms with Gasteiger partial charge in [0.15, 0.2) is 0 Å². The van der Waals surface area contributed by atoms with Crippen molar-refractivity contribution in [2.75, 3.05) is 0 Å². The highest BCUT2D eigenvalue weighted by atomic mass is 79.9. The summed E-state index contributed by atoms with van der Waals surface area (Å²) in [5, 5.41) is 5.79. The third kappa shape index (κ3) is 3.19. The van der Waals surface area contributed by atoms with Gasteiger partial charge in [-0.3, -0.25) is 4.68 Å². The summed E-state index contributed by atoms with van der Waals surface area (Å²) in [6.45, 7) is 2.03. The van der Waals surface area contributed by atoms with E-state index >= 15 is 0 Å². The van der Waals surface area contributed by atoms with Crippen LogP contribution in [0.3, 0.4) is 0 Å². The van der Waals surface area contributed by atoms with E-state index in [1.807, 2.05) is 32.2 Å². The van der Waals surface area contributed by atoms with Crippen LogP contribution in [-0.4, -0.2) is 9.78 Å². The molecule has 1 aromatic heterocycles. The summed E-state index contributed by atoms with van der Waals surface area (Å²) in [5.74, 6) is 0. The fourth-order valence-electron chi connectivity index (χ4n) is 2.16. The Labute approximate surface area is 137 Å².